The van der Waals surface area contributed by atoms with Crippen LogP contribution in [0.25, 0.3) is 0 Å². The zero-order valence-electron chi connectivity index (χ0n) is 15.5. The molecule has 3 heterocycles. The van der Waals surface area contributed by atoms with Crippen molar-refractivity contribution >= 4 is 5.91 Å². The number of piperazine rings is 1. The number of carbonyl (C=O) groups excluding carboxylic acids is 1. The molecule has 0 radical (unpaired) electrons. The van der Waals surface area contributed by atoms with E-state index >= 15 is 0 Å². The van der Waals surface area contributed by atoms with E-state index in [4.69, 9.17) is 4.52 Å². The van der Waals surface area contributed by atoms with Crippen LogP contribution in [0.4, 0.5) is 0 Å². The minimum absolute atomic E-state index is 0.297. The summed E-state index contributed by atoms with van der Waals surface area (Å²) in [5, 5.41) is 4.05. The van der Waals surface area contributed by atoms with Gasteiger partial charge in [0.05, 0.1) is 13.1 Å². The Balaban J connectivity index is 1.38. The van der Waals surface area contributed by atoms with Gasteiger partial charge in [0.15, 0.2) is 5.82 Å². The van der Waals surface area contributed by atoms with Gasteiger partial charge in [-0.15, -0.1) is 0 Å². The van der Waals surface area contributed by atoms with Gasteiger partial charge in [-0.1, -0.05) is 18.5 Å². The number of rotatable bonds is 7. The molecule has 140 valence electrons. The molecule has 1 amide bonds. The van der Waals surface area contributed by atoms with Crippen molar-refractivity contribution in [2.45, 2.75) is 52.0 Å². The van der Waals surface area contributed by atoms with E-state index in [1.807, 2.05) is 4.90 Å². The van der Waals surface area contributed by atoms with Crippen LogP contribution < -0.4 is 0 Å². The third kappa shape index (κ3) is 5.51. The van der Waals surface area contributed by atoms with E-state index in [2.05, 4.69) is 26.9 Å². The first-order valence-corrected chi connectivity index (χ1v) is 9.78. The van der Waals surface area contributed by atoms with Crippen molar-refractivity contribution in [1.82, 2.24) is 24.8 Å². The average Bonchev–Trinajstić information content (AvgIpc) is 3.09. The maximum atomic E-state index is 12.4. The molecule has 3 rings (SSSR count). The van der Waals surface area contributed by atoms with Crippen LogP contribution in [0.15, 0.2) is 4.52 Å². The normalized spacial score (nSPS) is 20.1. The van der Waals surface area contributed by atoms with Crippen molar-refractivity contribution < 1.29 is 9.32 Å². The fraction of sp³-hybridized carbons (Fsp3) is 0.833. The summed E-state index contributed by atoms with van der Waals surface area (Å²) < 4.78 is 5.36. The molecule has 7 nitrogen and oxygen atoms in total. The molecule has 0 aromatic carbocycles. The van der Waals surface area contributed by atoms with Gasteiger partial charge < -0.3 is 9.42 Å². The van der Waals surface area contributed by atoms with Gasteiger partial charge in [-0.25, -0.2) is 0 Å². The summed E-state index contributed by atoms with van der Waals surface area (Å²) in [6.07, 6.45) is 6.71. The fourth-order valence-electron chi connectivity index (χ4n) is 3.52. The summed E-state index contributed by atoms with van der Waals surface area (Å²) in [7, 11) is 0. The number of unbranched alkanes of at least 4 members (excludes halogenated alkanes) is 1. The molecule has 2 saturated heterocycles. The maximum Gasteiger partial charge on any atom is 0.240 e. The topological polar surface area (TPSA) is 65.7 Å². The highest BCUT2D eigenvalue weighted by Gasteiger charge is 2.23. The number of nitrogens with zero attached hydrogens (tertiary/aromatic N) is 5. The SMILES string of the molecule is CCCCc1noc(CN2CCN(CC(=O)N3CCCCC3)CC2)n1. The van der Waals surface area contributed by atoms with E-state index in [9.17, 15) is 4.79 Å². The van der Waals surface area contributed by atoms with E-state index < -0.39 is 0 Å². The second kappa shape index (κ2) is 9.29. The number of likely N-dealkylation sites (tertiary alicyclic amines) is 1. The molecule has 2 aliphatic rings. The lowest BCUT2D eigenvalue weighted by Crippen LogP contribution is -2.50. The summed E-state index contributed by atoms with van der Waals surface area (Å²) >= 11 is 0. The number of aromatic nitrogens is 2. The average molecular weight is 349 g/mol. The number of piperidine rings is 1. The van der Waals surface area contributed by atoms with Crippen LogP contribution in [-0.4, -0.2) is 76.6 Å². The van der Waals surface area contributed by atoms with Gasteiger partial charge in [-0.2, -0.15) is 4.98 Å². The summed E-state index contributed by atoms with van der Waals surface area (Å²) in [5.41, 5.74) is 0. The smallest absolute Gasteiger partial charge is 0.240 e. The molecule has 1 aromatic rings. The van der Waals surface area contributed by atoms with Gasteiger partial charge >= 0.3 is 0 Å². The predicted octanol–water partition coefficient (Wildman–Crippen LogP) is 1.54. The number of amides is 1. The monoisotopic (exact) mass is 349 g/mol. The number of hydrogen-bond donors (Lipinski definition) is 0. The molecule has 0 bridgehead atoms. The molecule has 0 saturated carbocycles. The largest absolute Gasteiger partial charge is 0.342 e. The third-order valence-electron chi connectivity index (χ3n) is 5.16. The van der Waals surface area contributed by atoms with Gasteiger partial charge in [0.25, 0.3) is 0 Å². The fourth-order valence-corrected chi connectivity index (χ4v) is 3.52. The first kappa shape index (κ1) is 18.3. The predicted molar refractivity (Wildman–Crippen MR) is 95.1 cm³/mol. The van der Waals surface area contributed by atoms with E-state index in [1.165, 1.54) is 6.42 Å². The zero-order valence-corrected chi connectivity index (χ0v) is 15.5. The lowest BCUT2D eigenvalue weighted by Gasteiger charge is -2.35. The summed E-state index contributed by atoms with van der Waals surface area (Å²) in [6, 6.07) is 0. The first-order chi connectivity index (χ1) is 12.2. The van der Waals surface area contributed by atoms with Crippen LogP contribution in [0.3, 0.4) is 0 Å². The van der Waals surface area contributed by atoms with Gasteiger partial charge in [0, 0.05) is 45.7 Å². The molecule has 0 spiro atoms. The van der Waals surface area contributed by atoms with Crippen LogP contribution in [0.5, 0.6) is 0 Å². The van der Waals surface area contributed by atoms with E-state index in [-0.39, 0.29) is 0 Å². The lowest BCUT2D eigenvalue weighted by molar-refractivity contribution is -0.133. The van der Waals surface area contributed by atoms with E-state index in [0.717, 1.165) is 77.2 Å². The molecular weight excluding hydrogens is 318 g/mol. The second-order valence-electron chi connectivity index (χ2n) is 7.20. The Morgan fingerprint density at radius 2 is 1.76 bits per heavy atom. The first-order valence-electron chi connectivity index (χ1n) is 9.78. The van der Waals surface area contributed by atoms with E-state index in [1.54, 1.807) is 0 Å². The molecule has 1 aromatic heterocycles. The highest BCUT2D eigenvalue weighted by molar-refractivity contribution is 5.78. The number of hydrogen-bond acceptors (Lipinski definition) is 6. The summed E-state index contributed by atoms with van der Waals surface area (Å²) in [6.45, 7) is 9.07. The molecule has 2 aliphatic heterocycles. The Kier molecular flexibility index (Phi) is 6.81. The van der Waals surface area contributed by atoms with Gasteiger partial charge in [-0.3, -0.25) is 14.6 Å². The standard InChI is InChI=1S/C18H31N5O2/c1-2-3-7-16-19-17(25-20-16)14-21-10-12-22(13-11-21)15-18(24)23-8-5-4-6-9-23/h2-15H2,1H3. The van der Waals surface area contributed by atoms with Gasteiger partial charge in [0.1, 0.15) is 0 Å². The Labute approximate surface area is 150 Å². The van der Waals surface area contributed by atoms with Crippen LogP contribution in [0.1, 0.15) is 50.7 Å². The lowest BCUT2D eigenvalue weighted by atomic mass is 10.1. The third-order valence-corrected chi connectivity index (χ3v) is 5.16. The quantitative estimate of drug-likeness (QED) is 0.744. The van der Waals surface area contributed by atoms with Gasteiger partial charge in [-0.05, 0) is 25.7 Å². The molecule has 0 aliphatic carbocycles. The Morgan fingerprint density at radius 3 is 2.48 bits per heavy atom. The maximum absolute atomic E-state index is 12.4. The number of aryl methyl sites for hydroxylation is 1. The zero-order chi connectivity index (χ0) is 17.5. The minimum atomic E-state index is 0.297. The molecule has 2 fully saturated rings. The Hall–Kier alpha value is -1.47. The van der Waals surface area contributed by atoms with Crippen molar-refractivity contribution in [2.75, 3.05) is 45.8 Å². The molecule has 0 unspecified atom stereocenters. The van der Waals surface area contributed by atoms with Crippen molar-refractivity contribution in [1.29, 1.82) is 0 Å². The van der Waals surface area contributed by atoms with Crippen LogP contribution in [0, 0.1) is 0 Å². The molecule has 25 heavy (non-hydrogen) atoms. The summed E-state index contributed by atoms with van der Waals surface area (Å²) in [4.78, 5) is 23.5. The van der Waals surface area contributed by atoms with Crippen molar-refractivity contribution in [2.24, 2.45) is 0 Å². The Bertz CT molecular complexity index is 533. The van der Waals surface area contributed by atoms with Crippen molar-refractivity contribution in [3.05, 3.63) is 11.7 Å². The highest BCUT2D eigenvalue weighted by atomic mass is 16.5. The van der Waals surface area contributed by atoms with Crippen LogP contribution in [0.2, 0.25) is 0 Å². The van der Waals surface area contributed by atoms with Gasteiger partial charge in [0.2, 0.25) is 11.8 Å². The van der Waals surface area contributed by atoms with Crippen LogP contribution >= 0.6 is 0 Å². The molecular formula is C18H31N5O2. The van der Waals surface area contributed by atoms with Crippen molar-refractivity contribution in [3.8, 4) is 0 Å². The second-order valence-corrected chi connectivity index (χ2v) is 7.20. The number of carbonyl (C=O) groups is 1. The molecule has 0 atom stereocenters. The highest BCUT2D eigenvalue weighted by Crippen LogP contribution is 2.11. The molecule has 0 N–H and O–H groups in total. The molecule has 7 heteroatoms. The van der Waals surface area contributed by atoms with E-state index in [0.29, 0.717) is 24.9 Å². The summed E-state index contributed by atoms with van der Waals surface area (Å²) in [5.74, 6) is 1.83. The van der Waals surface area contributed by atoms with Crippen molar-refractivity contribution in [3.63, 3.8) is 0 Å². The van der Waals surface area contributed by atoms with Crippen LogP contribution in [-0.2, 0) is 17.8 Å². The minimum Gasteiger partial charge on any atom is -0.342 e. The Morgan fingerprint density at radius 1 is 1.04 bits per heavy atom.